The Kier molecular flexibility index (Phi) is 9.79. The van der Waals surface area contributed by atoms with Crippen LogP contribution in [0.15, 0.2) is 83.4 Å². The van der Waals surface area contributed by atoms with Gasteiger partial charge in [0.2, 0.25) is 5.69 Å². The Labute approximate surface area is 255 Å². The van der Waals surface area contributed by atoms with E-state index in [4.69, 9.17) is 9.84 Å². The van der Waals surface area contributed by atoms with Crippen LogP contribution in [0.4, 0.5) is 11.4 Å². The summed E-state index contributed by atoms with van der Waals surface area (Å²) in [4.78, 5) is 12.9. The number of fused-ring (bicyclic) bond motifs is 2. The third kappa shape index (κ3) is 6.84. The first-order valence-electron chi connectivity index (χ1n) is 14.7. The van der Waals surface area contributed by atoms with E-state index in [0.717, 1.165) is 36.3 Å². The Balaban J connectivity index is 1.61. The highest BCUT2D eigenvalue weighted by Crippen LogP contribution is 2.48. The van der Waals surface area contributed by atoms with Gasteiger partial charge in [-0.25, -0.2) is 0 Å². The highest BCUT2D eigenvalue weighted by atomic mass is 32.2. The summed E-state index contributed by atoms with van der Waals surface area (Å²) in [7, 11) is -2.67. The van der Waals surface area contributed by atoms with Crippen molar-refractivity contribution in [1.82, 2.24) is 0 Å². The summed E-state index contributed by atoms with van der Waals surface area (Å²) in [5.74, 6) is -0.751. The van der Waals surface area contributed by atoms with Crippen LogP contribution in [-0.2, 0) is 30.5 Å². The second-order valence-corrected chi connectivity index (χ2v) is 13.5. The molecule has 2 aliphatic heterocycles. The summed E-state index contributed by atoms with van der Waals surface area (Å²) >= 11 is 0. The number of allylic oxidation sites excluding steroid dienone is 6. The lowest BCUT2D eigenvalue weighted by molar-refractivity contribution is -0.438. The first kappa shape index (κ1) is 32.4. The van der Waals surface area contributed by atoms with Crippen molar-refractivity contribution in [3.63, 3.8) is 0 Å². The van der Waals surface area contributed by atoms with Gasteiger partial charge in [-0.15, -0.1) is 0 Å². The number of para-hydroxylation sites is 1. The number of anilines is 1. The predicted molar refractivity (Wildman–Crippen MR) is 170 cm³/mol. The number of hydrogen-bond acceptors (Lipinski definition) is 5. The molecule has 2 aromatic rings. The van der Waals surface area contributed by atoms with Crippen molar-refractivity contribution in [3.8, 4) is 0 Å². The molecule has 0 bridgehead atoms. The van der Waals surface area contributed by atoms with Gasteiger partial charge in [0, 0.05) is 61.0 Å². The van der Waals surface area contributed by atoms with Gasteiger partial charge in [-0.05, 0) is 56.5 Å². The molecule has 9 heteroatoms. The fourth-order valence-electron chi connectivity index (χ4n) is 6.20. The lowest BCUT2D eigenvalue weighted by Gasteiger charge is -2.26. The van der Waals surface area contributed by atoms with Crippen molar-refractivity contribution in [2.45, 2.75) is 69.1 Å². The van der Waals surface area contributed by atoms with Crippen LogP contribution < -0.4 is 4.90 Å². The number of aliphatic carboxylic acids is 1. The molecule has 8 nitrogen and oxygen atoms in total. The number of rotatable bonds is 13. The zero-order valence-electron chi connectivity index (χ0n) is 25.7. The maximum atomic E-state index is 11.8. The van der Waals surface area contributed by atoms with Crippen LogP contribution in [-0.4, -0.2) is 61.1 Å². The van der Waals surface area contributed by atoms with Crippen LogP contribution in [0.1, 0.15) is 64.5 Å². The molecule has 2 N–H and O–H groups in total. The Morgan fingerprint density at radius 1 is 0.977 bits per heavy atom. The smallest absolute Gasteiger partial charge is 0.303 e. The molecule has 0 unspecified atom stereocenters. The van der Waals surface area contributed by atoms with E-state index in [1.165, 1.54) is 23.0 Å². The molecule has 0 spiro atoms. The molecule has 43 heavy (non-hydrogen) atoms. The van der Waals surface area contributed by atoms with Crippen LogP contribution in [0.3, 0.4) is 0 Å². The normalized spacial score (nSPS) is 18.3. The number of unbranched alkanes of at least 4 members (excludes halogenated alkanes) is 2. The summed E-state index contributed by atoms with van der Waals surface area (Å²) in [5.41, 5.74) is 5.70. The Bertz CT molecular complexity index is 1600. The van der Waals surface area contributed by atoms with Crippen LogP contribution in [0, 0.1) is 0 Å². The molecule has 0 atom stereocenters. The summed E-state index contributed by atoms with van der Waals surface area (Å²) in [6, 6.07) is 13.2. The van der Waals surface area contributed by atoms with E-state index < -0.39 is 21.5 Å². The Morgan fingerprint density at radius 3 is 2.42 bits per heavy atom. The summed E-state index contributed by atoms with van der Waals surface area (Å²) in [6.07, 6.45) is 12.9. The molecule has 0 radical (unpaired) electrons. The van der Waals surface area contributed by atoms with Crippen LogP contribution in [0.5, 0.6) is 0 Å². The van der Waals surface area contributed by atoms with Crippen LogP contribution in [0.2, 0.25) is 0 Å². The Morgan fingerprint density at radius 2 is 1.72 bits per heavy atom. The average Bonchev–Trinajstić information content (AvgIpc) is 3.29. The number of ether oxygens (including phenoxy) is 1. The lowest BCUT2D eigenvalue weighted by Crippen LogP contribution is -2.28. The van der Waals surface area contributed by atoms with Crippen molar-refractivity contribution in [3.05, 3.63) is 89.7 Å². The van der Waals surface area contributed by atoms with E-state index in [-0.39, 0.29) is 16.7 Å². The minimum absolute atomic E-state index is 0.116. The van der Waals surface area contributed by atoms with Gasteiger partial charge in [0.05, 0.1) is 16.9 Å². The quantitative estimate of drug-likeness (QED) is 0.118. The van der Waals surface area contributed by atoms with Crippen molar-refractivity contribution in [2.75, 3.05) is 31.7 Å². The van der Waals surface area contributed by atoms with Crippen molar-refractivity contribution in [1.29, 1.82) is 0 Å². The van der Waals surface area contributed by atoms with E-state index in [1.807, 2.05) is 38.2 Å². The molecule has 2 aliphatic rings. The van der Waals surface area contributed by atoms with Gasteiger partial charge in [0.1, 0.15) is 6.54 Å². The maximum absolute atomic E-state index is 11.8. The molecule has 230 valence electrons. The first-order chi connectivity index (χ1) is 20.3. The molecule has 0 saturated heterocycles. The van der Waals surface area contributed by atoms with E-state index in [2.05, 4.69) is 53.7 Å². The van der Waals surface area contributed by atoms with E-state index in [9.17, 15) is 17.8 Å². The molecule has 2 heterocycles. The SMILES string of the molecule is COCCN1C(=CC=CC=CC2=[N+](CCCCCC(=O)O)c3ccccc3C2(C)C)C(C)(C)c2cc(S(=O)(=O)O)ccc21. The van der Waals surface area contributed by atoms with Crippen molar-refractivity contribution in [2.24, 2.45) is 0 Å². The van der Waals surface area contributed by atoms with Gasteiger partial charge in [-0.2, -0.15) is 13.0 Å². The largest absolute Gasteiger partial charge is 0.481 e. The number of carboxylic acid groups (broad SMARTS) is 1. The number of carbonyl (C=O) groups is 1. The van der Waals surface area contributed by atoms with Gasteiger partial charge >= 0.3 is 5.97 Å². The topological polar surface area (TPSA) is 107 Å². The van der Waals surface area contributed by atoms with E-state index in [0.29, 0.717) is 19.6 Å². The average molecular weight is 608 g/mol. The second kappa shape index (κ2) is 13.0. The molecule has 0 saturated carbocycles. The Hall–Kier alpha value is -3.53. The molecule has 0 aromatic heterocycles. The minimum Gasteiger partial charge on any atom is -0.481 e. The van der Waals surface area contributed by atoms with Gasteiger partial charge in [-0.1, -0.05) is 50.3 Å². The number of hydrogen-bond donors (Lipinski definition) is 2. The minimum atomic E-state index is -4.32. The van der Waals surface area contributed by atoms with E-state index >= 15 is 0 Å². The van der Waals surface area contributed by atoms with Crippen LogP contribution >= 0.6 is 0 Å². The molecular weight excluding hydrogens is 564 g/mol. The molecule has 4 rings (SSSR count). The second-order valence-electron chi connectivity index (χ2n) is 12.1. The number of methoxy groups -OCH3 is 1. The van der Waals surface area contributed by atoms with Gasteiger partial charge in [-0.3, -0.25) is 9.35 Å². The number of carboxylic acids is 1. The highest BCUT2D eigenvalue weighted by Gasteiger charge is 2.44. The van der Waals surface area contributed by atoms with Crippen LogP contribution in [0.25, 0.3) is 0 Å². The third-order valence-electron chi connectivity index (χ3n) is 8.48. The van der Waals surface area contributed by atoms with E-state index in [1.54, 1.807) is 19.2 Å². The molecule has 0 aliphatic carbocycles. The van der Waals surface area contributed by atoms with Crippen molar-refractivity contribution >= 4 is 33.2 Å². The van der Waals surface area contributed by atoms with Gasteiger partial charge < -0.3 is 14.7 Å². The number of nitrogens with zero attached hydrogens (tertiary/aromatic N) is 2. The zero-order chi connectivity index (χ0) is 31.4. The lowest BCUT2D eigenvalue weighted by atomic mass is 9.81. The fourth-order valence-corrected chi connectivity index (χ4v) is 6.71. The molecule has 0 fully saturated rings. The third-order valence-corrected chi connectivity index (χ3v) is 9.33. The summed E-state index contributed by atoms with van der Waals surface area (Å²) in [5, 5.41) is 8.97. The summed E-state index contributed by atoms with van der Waals surface area (Å²) < 4.78 is 41.0. The summed E-state index contributed by atoms with van der Waals surface area (Å²) in [6.45, 7) is 10.5. The molecule has 0 amide bonds. The van der Waals surface area contributed by atoms with Crippen molar-refractivity contribution < 1.29 is 32.2 Å². The first-order valence-corrected chi connectivity index (χ1v) is 16.1. The zero-order valence-corrected chi connectivity index (χ0v) is 26.5. The fraction of sp³-hybridized carbons (Fsp3) is 0.412. The monoisotopic (exact) mass is 607 g/mol. The van der Waals surface area contributed by atoms with Gasteiger partial charge in [0.25, 0.3) is 10.1 Å². The maximum Gasteiger partial charge on any atom is 0.303 e. The molecule has 2 aromatic carbocycles. The molecular formula is C34H43N2O6S+. The highest BCUT2D eigenvalue weighted by molar-refractivity contribution is 7.85. The standard InChI is InChI=1S/C34H42N2O6S/c1-33(2)26-14-11-12-15-28(26)35(21-13-7-10-18-32(37)38)30(33)16-8-6-9-17-31-34(3,4)27-24-25(43(39,40)41)19-20-29(27)36(31)22-23-42-5/h6,8-9,11-12,14-17,19-20,24H,7,10,13,18,21-23H2,1-5H3,(H-,37,38,39,40,41)/p+1. The number of benzene rings is 2. The predicted octanol–water partition coefficient (Wildman–Crippen LogP) is 6.40. The van der Waals surface area contributed by atoms with Gasteiger partial charge in [0.15, 0.2) is 5.71 Å².